The third-order valence-electron chi connectivity index (χ3n) is 3.69. The summed E-state index contributed by atoms with van der Waals surface area (Å²) in [6, 6.07) is 7.96. The number of hydrogen-bond donors (Lipinski definition) is 0. The quantitative estimate of drug-likeness (QED) is 0.759. The summed E-state index contributed by atoms with van der Waals surface area (Å²) < 4.78 is 0. The van der Waals surface area contributed by atoms with E-state index in [0.29, 0.717) is 18.6 Å². The number of ketones is 2. The van der Waals surface area contributed by atoms with Gasteiger partial charge in [0, 0.05) is 24.3 Å². The molecule has 0 bridgehead atoms. The Hall–Kier alpha value is -1.44. The Morgan fingerprint density at radius 3 is 2.33 bits per heavy atom. The molecule has 2 heteroatoms. The predicted octanol–water partition coefficient (Wildman–Crippen LogP) is 3.58. The van der Waals surface area contributed by atoms with Crippen LogP contribution >= 0.6 is 0 Å². The van der Waals surface area contributed by atoms with Gasteiger partial charge in [-0.2, -0.15) is 0 Å². The van der Waals surface area contributed by atoms with Gasteiger partial charge in [0.1, 0.15) is 5.78 Å². The molecule has 0 aliphatic heterocycles. The molecule has 0 N–H and O–H groups in total. The summed E-state index contributed by atoms with van der Waals surface area (Å²) in [5.41, 5.74) is 2.09. The lowest BCUT2D eigenvalue weighted by molar-refractivity contribution is -0.120. The first-order valence-electron chi connectivity index (χ1n) is 6.85. The summed E-state index contributed by atoms with van der Waals surface area (Å²) in [7, 11) is 0. The number of benzene rings is 1. The fourth-order valence-corrected chi connectivity index (χ4v) is 2.56. The maximum absolute atomic E-state index is 12.3. The second-order valence-electron chi connectivity index (χ2n) is 5.12. The van der Waals surface area contributed by atoms with Crippen LogP contribution in [0.1, 0.15) is 54.9 Å². The molecule has 0 spiro atoms. The summed E-state index contributed by atoms with van der Waals surface area (Å²) in [6.45, 7) is 2.15. The van der Waals surface area contributed by atoms with Gasteiger partial charge in [0.25, 0.3) is 0 Å². The van der Waals surface area contributed by atoms with Crippen LogP contribution in [0.25, 0.3) is 0 Å². The summed E-state index contributed by atoms with van der Waals surface area (Å²) in [5, 5.41) is 0. The summed E-state index contributed by atoms with van der Waals surface area (Å²) >= 11 is 0. The van der Waals surface area contributed by atoms with Gasteiger partial charge in [0.05, 0.1) is 0 Å². The predicted molar refractivity (Wildman–Crippen MR) is 71.7 cm³/mol. The third-order valence-corrected chi connectivity index (χ3v) is 3.69. The fraction of sp³-hybridized carbons (Fsp3) is 0.500. The van der Waals surface area contributed by atoms with Crippen molar-refractivity contribution in [3.05, 3.63) is 35.4 Å². The lowest BCUT2D eigenvalue weighted by Gasteiger charge is -2.19. The zero-order valence-corrected chi connectivity index (χ0v) is 10.9. The highest BCUT2D eigenvalue weighted by Gasteiger charge is 2.25. The van der Waals surface area contributed by atoms with E-state index in [2.05, 4.69) is 6.92 Å². The Morgan fingerprint density at radius 2 is 1.78 bits per heavy atom. The molecular formula is C16H20O2. The fourth-order valence-electron chi connectivity index (χ4n) is 2.56. The van der Waals surface area contributed by atoms with E-state index in [1.807, 2.05) is 24.3 Å². The lowest BCUT2D eigenvalue weighted by Crippen LogP contribution is -2.21. The van der Waals surface area contributed by atoms with E-state index in [9.17, 15) is 9.59 Å². The summed E-state index contributed by atoms with van der Waals surface area (Å²) in [5.74, 6) is 0.572. The molecule has 0 heterocycles. The van der Waals surface area contributed by atoms with Gasteiger partial charge >= 0.3 is 0 Å². The van der Waals surface area contributed by atoms with Crippen molar-refractivity contribution in [1.29, 1.82) is 0 Å². The molecular weight excluding hydrogens is 224 g/mol. The van der Waals surface area contributed by atoms with E-state index in [1.165, 1.54) is 5.56 Å². The second kappa shape index (κ2) is 5.94. The van der Waals surface area contributed by atoms with Crippen LogP contribution in [-0.2, 0) is 11.2 Å². The molecule has 0 saturated heterocycles. The van der Waals surface area contributed by atoms with Crippen LogP contribution < -0.4 is 0 Å². The molecule has 2 rings (SSSR count). The van der Waals surface area contributed by atoms with Gasteiger partial charge in [-0.25, -0.2) is 0 Å². The number of hydrogen-bond acceptors (Lipinski definition) is 2. The molecule has 0 radical (unpaired) electrons. The average Bonchev–Trinajstić information content (AvgIpc) is 2.40. The normalized spacial score (nSPS) is 16.8. The highest BCUT2D eigenvalue weighted by molar-refractivity contribution is 5.98. The molecule has 1 fully saturated rings. The van der Waals surface area contributed by atoms with Gasteiger partial charge in [0.15, 0.2) is 5.78 Å². The average molecular weight is 244 g/mol. The van der Waals surface area contributed by atoms with Crippen molar-refractivity contribution in [1.82, 2.24) is 0 Å². The van der Waals surface area contributed by atoms with Gasteiger partial charge in [-0.1, -0.05) is 37.6 Å². The van der Waals surface area contributed by atoms with Gasteiger partial charge in [-0.05, 0) is 24.8 Å². The molecule has 1 aliphatic carbocycles. The van der Waals surface area contributed by atoms with Crippen molar-refractivity contribution in [2.24, 2.45) is 5.92 Å². The Balaban J connectivity index is 2.02. The minimum Gasteiger partial charge on any atom is -0.300 e. The smallest absolute Gasteiger partial charge is 0.165 e. The number of carbonyl (C=O) groups excluding carboxylic acids is 2. The molecule has 1 aliphatic rings. The van der Waals surface area contributed by atoms with Crippen molar-refractivity contribution < 1.29 is 9.59 Å². The van der Waals surface area contributed by atoms with E-state index < -0.39 is 0 Å². The highest BCUT2D eigenvalue weighted by atomic mass is 16.1. The first kappa shape index (κ1) is 13.0. The Morgan fingerprint density at radius 1 is 1.17 bits per heavy atom. The molecule has 0 aromatic heterocycles. The molecule has 0 atom stereocenters. The molecule has 1 saturated carbocycles. The molecule has 18 heavy (non-hydrogen) atoms. The van der Waals surface area contributed by atoms with Gasteiger partial charge < -0.3 is 0 Å². The third kappa shape index (κ3) is 3.06. The minimum atomic E-state index is 0.0553. The van der Waals surface area contributed by atoms with Gasteiger partial charge in [-0.15, -0.1) is 0 Å². The Labute approximate surface area is 108 Å². The largest absolute Gasteiger partial charge is 0.300 e. The first-order valence-corrected chi connectivity index (χ1v) is 6.85. The second-order valence-corrected chi connectivity index (χ2v) is 5.12. The lowest BCUT2D eigenvalue weighted by atomic mass is 9.83. The van der Waals surface area contributed by atoms with Crippen LogP contribution in [0.4, 0.5) is 0 Å². The standard InChI is InChI=1S/C16H20O2/c1-2-3-12-4-6-13(7-5-12)16(18)14-8-10-15(17)11-9-14/h4-7,14H,2-3,8-11H2,1H3. The Kier molecular flexibility index (Phi) is 4.29. The van der Waals surface area contributed by atoms with Crippen molar-refractivity contribution in [2.45, 2.75) is 45.4 Å². The number of carbonyl (C=O) groups is 2. The van der Waals surface area contributed by atoms with Crippen molar-refractivity contribution in [2.75, 3.05) is 0 Å². The molecule has 2 nitrogen and oxygen atoms in total. The molecule has 0 unspecified atom stereocenters. The van der Waals surface area contributed by atoms with Gasteiger partial charge in [-0.3, -0.25) is 9.59 Å². The van der Waals surface area contributed by atoms with Crippen LogP contribution in [0.5, 0.6) is 0 Å². The van der Waals surface area contributed by atoms with E-state index in [4.69, 9.17) is 0 Å². The minimum absolute atomic E-state index is 0.0553. The van der Waals surface area contributed by atoms with Crippen LogP contribution in [0, 0.1) is 5.92 Å². The first-order chi connectivity index (χ1) is 8.70. The maximum atomic E-state index is 12.3. The van der Waals surface area contributed by atoms with Crippen LogP contribution in [0.15, 0.2) is 24.3 Å². The van der Waals surface area contributed by atoms with Gasteiger partial charge in [0.2, 0.25) is 0 Å². The highest BCUT2D eigenvalue weighted by Crippen LogP contribution is 2.25. The SMILES string of the molecule is CCCc1ccc(C(=O)C2CCC(=O)CC2)cc1. The Bertz CT molecular complexity index is 421. The van der Waals surface area contributed by atoms with Crippen LogP contribution in [0.2, 0.25) is 0 Å². The van der Waals surface area contributed by atoms with Crippen LogP contribution in [-0.4, -0.2) is 11.6 Å². The van der Waals surface area contributed by atoms with Crippen molar-refractivity contribution >= 4 is 11.6 Å². The van der Waals surface area contributed by atoms with Crippen molar-refractivity contribution in [3.63, 3.8) is 0 Å². The molecule has 1 aromatic carbocycles. The summed E-state index contributed by atoms with van der Waals surface area (Å²) in [6.07, 6.45) is 4.79. The number of Topliss-reactive ketones (excluding diaryl/α,β-unsaturated/α-hetero) is 2. The topological polar surface area (TPSA) is 34.1 Å². The molecule has 0 amide bonds. The number of rotatable bonds is 4. The maximum Gasteiger partial charge on any atom is 0.165 e. The van der Waals surface area contributed by atoms with Crippen LogP contribution in [0.3, 0.4) is 0 Å². The zero-order valence-electron chi connectivity index (χ0n) is 10.9. The van der Waals surface area contributed by atoms with Crippen molar-refractivity contribution in [3.8, 4) is 0 Å². The summed E-state index contributed by atoms with van der Waals surface area (Å²) in [4.78, 5) is 23.4. The molecule has 1 aromatic rings. The monoisotopic (exact) mass is 244 g/mol. The van der Waals surface area contributed by atoms with E-state index in [-0.39, 0.29) is 11.7 Å². The molecule has 96 valence electrons. The zero-order chi connectivity index (χ0) is 13.0. The number of aryl methyl sites for hydroxylation is 1. The van der Waals surface area contributed by atoms with E-state index in [1.54, 1.807) is 0 Å². The van der Waals surface area contributed by atoms with E-state index in [0.717, 1.165) is 31.2 Å². The van der Waals surface area contributed by atoms with E-state index >= 15 is 0 Å².